The Labute approximate surface area is 171 Å². The molecule has 0 radical (unpaired) electrons. The van der Waals surface area contributed by atoms with Gasteiger partial charge in [-0.3, -0.25) is 9.59 Å². The maximum absolute atomic E-state index is 11.9. The van der Waals surface area contributed by atoms with Crippen molar-refractivity contribution in [3.05, 3.63) is 57.0 Å². The van der Waals surface area contributed by atoms with Crippen LogP contribution in [0.5, 0.6) is 5.75 Å². The smallest absolute Gasteiger partial charge is 0.249 e. The minimum absolute atomic E-state index is 0.204. The standard InChI is InChI=1S/C18H16Cl3N3O3/c1-2-27-15-7-6-12(19)8-11(15)10-22-24-17(26)9-16(25)23-14-5-3-4-13(20)18(14)21/h3-8,10H,2,9H2,1H3,(H,23,25)(H,24,26). The molecule has 0 bridgehead atoms. The topological polar surface area (TPSA) is 79.8 Å². The molecule has 6 nitrogen and oxygen atoms in total. The van der Waals surface area contributed by atoms with E-state index in [1.165, 1.54) is 6.21 Å². The van der Waals surface area contributed by atoms with Crippen LogP contribution in [0.4, 0.5) is 5.69 Å². The fourth-order valence-corrected chi connectivity index (χ4v) is 2.59. The number of amides is 2. The molecule has 0 saturated heterocycles. The first kappa shape index (κ1) is 21.0. The number of carbonyl (C=O) groups excluding carboxylic acids is 2. The number of rotatable bonds is 7. The number of hydrogen-bond donors (Lipinski definition) is 2. The Kier molecular flexibility index (Phi) is 7.91. The van der Waals surface area contributed by atoms with Crippen LogP contribution >= 0.6 is 34.8 Å². The van der Waals surface area contributed by atoms with Gasteiger partial charge >= 0.3 is 0 Å². The number of carbonyl (C=O) groups is 2. The summed E-state index contributed by atoms with van der Waals surface area (Å²) in [6.45, 7) is 2.32. The van der Waals surface area contributed by atoms with Crippen LogP contribution in [0.25, 0.3) is 0 Å². The van der Waals surface area contributed by atoms with Gasteiger partial charge in [-0.2, -0.15) is 5.10 Å². The van der Waals surface area contributed by atoms with Crippen LogP contribution in [0, 0.1) is 0 Å². The van der Waals surface area contributed by atoms with Crippen molar-refractivity contribution < 1.29 is 14.3 Å². The number of hydrazone groups is 1. The lowest BCUT2D eigenvalue weighted by molar-refractivity contribution is -0.126. The predicted octanol–water partition coefficient (Wildman–Crippen LogP) is 4.52. The van der Waals surface area contributed by atoms with E-state index in [1.54, 1.807) is 36.4 Å². The third-order valence-electron chi connectivity index (χ3n) is 3.21. The van der Waals surface area contributed by atoms with Crippen LogP contribution in [-0.4, -0.2) is 24.6 Å². The number of nitrogens with zero attached hydrogens (tertiary/aromatic N) is 1. The second-order valence-corrected chi connectivity index (χ2v) is 6.46. The second kappa shape index (κ2) is 10.2. The monoisotopic (exact) mass is 427 g/mol. The number of hydrogen-bond acceptors (Lipinski definition) is 4. The van der Waals surface area contributed by atoms with Gasteiger partial charge in [-0.25, -0.2) is 5.43 Å². The van der Waals surface area contributed by atoms with Crippen LogP contribution in [-0.2, 0) is 9.59 Å². The summed E-state index contributed by atoms with van der Waals surface area (Å²) in [4.78, 5) is 23.8. The van der Waals surface area contributed by atoms with Gasteiger partial charge in [0, 0.05) is 10.6 Å². The zero-order valence-electron chi connectivity index (χ0n) is 14.3. The van der Waals surface area contributed by atoms with Gasteiger partial charge in [0.25, 0.3) is 0 Å². The van der Waals surface area contributed by atoms with Crippen LogP contribution < -0.4 is 15.5 Å². The van der Waals surface area contributed by atoms with Crippen LogP contribution in [0.3, 0.4) is 0 Å². The Balaban J connectivity index is 1.92. The summed E-state index contributed by atoms with van der Waals surface area (Å²) in [7, 11) is 0. The lowest BCUT2D eigenvalue weighted by atomic mass is 10.2. The van der Waals surface area contributed by atoms with Crippen molar-refractivity contribution in [2.24, 2.45) is 5.10 Å². The third kappa shape index (κ3) is 6.43. The first-order chi connectivity index (χ1) is 12.9. The first-order valence-electron chi connectivity index (χ1n) is 7.88. The Morgan fingerprint density at radius 3 is 2.67 bits per heavy atom. The van der Waals surface area contributed by atoms with Crippen molar-refractivity contribution >= 4 is 58.5 Å². The van der Waals surface area contributed by atoms with Gasteiger partial charge in [-0.05, 0) is 37.3 Å². The number of nitrogens with one attached hydrogen (secondary N) is 2. The highest BCUT2D eigenvalue weighted by Crippen LogP contribution is 2.29. The van der Waals surface area contributed by atoms with Gasteiger partial charge < -0.3 is 10.1 Å². The molecular weight excluding hydrogens is 413 g/mol. The molecule has 0 aliphatic carbocycles. The van der Waals surface area contributed by atoms with Crippen molar-refractivity contribution in [2.75, 3.05) is 11.9 Å². The highest BCUT2D eigenvalue weighted by Gasteiger charge is 2.12. The molecule has 27 heavy (non-hydrogen) atoms. The molecule has 0 aliphatic heterocycles. The molecule has 0 saturated carbocycles. The Morgan fingerprint density at radius 2 is 1.93 bits per heavy atom. The van der Waals surface area contributed by atoms with E-state index in [0.29, 0.717) is 33.7 Å². The van der Waals surface area contributed by atoms with Gasteiger partial charge in [-0.15, -0.1) is 0 Å². The minimum Gasteiger partial charge on any atom is -0.493 e. The predicted molar refractivity (Wildman–Crippen MR) is 108 cm³/mol. The van der Waals surface area contributed by atoms with Gasteiger partial charge in [0.05, 0.1) is 28.6 Å². The van der Waals surface area contributed by atoms with Crippen molar-refractivity contribution in [1.82, 2.24) is 5.43 Å². The molecule has 0 aliphatic rings. The van der Waals surface area contributed by atoms with Gasteiger partial charge in [0.1, 0.15) is 12.2 Å². The Morgan fingerprint density at radius 1 is 1.15 bits per heavy atom. The summed E-state index contributed by atoms with van der Waals surface area (Å²) in [5.74, 6) is -0.570. The summed E-state index contributed by atoms with van der Waals surface area (Å²) < 4.78 is 5.45. The molecule has 0 spiro atoms. The van der Waals surface area contributed by atoms with E-state index in [9.17, 15) is 9.59 Å². The average Bonchev–Trinajstić information content (AvgIpc) is 2.61. The van der Waals surface area contributed by atoms with Gasteiger partial charge in [0.2, 0.25) is 11.8 Å². The van der Waals surface area contributed by atoms with E-state index in [0.717, 1.165) is 0 Å². The second-order valence-electron chi connectivity index (χ2n) is 5.23. The summed E-state index contributed by atoms with van der Waals surface area (Å²) in [6.07, 6.45) is 0.953. The minimum atomic E-state index is -0.595. The molecule has 2 aromatic carbocycles. The molecular formula is C18H16Cl3N3O3. The molecule has 0 aromatic heterocycles. The zero-order valence-corrected chi connectivity index (χ0v) is 16.5. The molecule has 0 heterocycles. The normalized spacial score (nSPS) is 10.7. The molecule has 0 fully saturated rings. The number of ether oxygens (including phenoxy) is 1. The summed E-state index contributed by atoms with van der Waals surface area (Å²) >= 11 is 17.8. The lowest BCUT2D eigenvalue weighted by Crippen LogP contribution is -2.24. The quantitative estimate of drug-likeness (QED) is 0.386. The van der Waals surface area contributed by atoms with Crippen LogP contribution in [0.2, 0.25) is 15.1 Å². The Hall–Kier alpha value is -2.28. The summed E-state index contributed by atoms with van der Waals surface area (Å²) in [6, 6.07) is 9.85. The molecule has 9 heteroatoms. The van der Waals surface area contributed by atoms with E-state index in [4.69, 9.17) is 39.5 Å². The first-order valence-corrected chi connectivity index (χ1v) is 9.02. The zero-order chi connectivity index (χ0) is 19.8. The number of benzene rings is 2. The molecule has 2 N–H and O–H groups in total. The molecule has 0 atom stereocenters. The lowest BCUT2D eigenvalue weighted by Gasteiger charge is -2.08. The largest absolute Gasteiger partial charge is 0.493 e. The fraction of sp³-hybridized carbons (Fsp3) is 0.167. The fourth-order valence-electron chi connectivity index (χ4n) is 2.06. The van der Waals surface area contributed by atoms with Crippen molar-refractivity contribution in [1.29, 1.82) is 0 Å². The molecule has 2 amide bonds. The van der Waals surface area contributed by atoms with Gasteiger partial charge in [0.15, 0.2) is 0 Å². The van der Waals surface area contributed by atoms with Crippen LogP contribution in [0.15, 0.2) is 41.5 Å². The maximum Gasteiger partial charge on any atom is 0.249 e. The summed E-state index contributed by atoms with van der Waals surface area (Å²) in [5, 5.41) is 7.35. The molecule has 2 rings (SSSR count). The van der Waals surface area contributed by atoms with Crippen molar-refractivity contribution in [3.63, 3.8) is 0 Å². The van der Waals surface area contributed by atoms with Crippen molar-refractivity contribution in [2.45, 2.75) is 13.3 Å². The summed E-state index contributed by atoms with van der Waals surface area (Å²) in [5.41, 5.74) is 3.20. The Bertz CT molecular complexity index is 872. The highest BCUT2D eigenvalue weighted by atomic mass is 35.5. The van der Waals surface area contributed by atoms with E-state index >= 15 is 0 Å². The van der Waals surface area contributed by atoms with E-state index in [-0.39, 0.29) is 5.02 Å². The SMILES string of the molecule is CCOc1ccc(Cl)cc1C=NNC(=O)CC(=O)Nc1cccc(Cl)c1Cl. The molecule has 142 valence electrons. The number of halogens is 3. The maximum atomic E-state index is 11.9. The highest BCUT2D eigenvalue weighted by molar-refractivity contribution is 6.44. The van der Waals surface area contributed by atoms with Crippen LogP contribution in [0.1, 0.15) is 18.9 Å². The van der Waals surface area contributed by atoms with E-state index in [2.05, 4.69) is 15.8 Å². The number of anilines is 1. The molecule has 2 aromatic rings. The molecule has 0 unspecified atom stereocenters. The van der Waals surface area contributed by atoms with Crippen molar-refractivity contribution in [3.8, 4) is 5.75 Å². The van der Waals surface area contributed by atoms with E-state index in [1.807, 2.05) is 6.92 Å². The van der Waals surface area contributed by atoms with Gasteiger partial charge in [-0.1, -0.05) is 40.9 Å². The average molecular weight is 429 g/mol. The third-order valence-corrected chi connectivity index (χ3v) is 4.27. The van der Waals surface area contributed by atoms with E-state index < -0.39 is 18.2 Å².